The van der Waals surface area contributed by atoms with Crippen LogP contribution in [0, 0.1) is 0 Å². The zero-order chi connectivity index (χ0) is 12.7. The highest BCUT2D eigenvalue weighted by molar-refractivity contribution is 5.13. The van der Waals surface area contributed by atoms with E-state index in [4.69, 9.17) is 0 Å². The fourth-order valence-corrected chi connectivity index (χ4v) is 1.78. The number of nitrogens with zero attached hydrogens (tertiary/aromatic N) is 2. The molecule has 0 aliphatic heterocycles. The number of allylic oxidation sites excluding steroid dienone is 2. The molecule has 3 heteroatoms. The van der Waals surface area contributed by atoms with Crippen molar-refractivity contribution in [1.82, 2.24) is 10.2 Å². The van der Waals surface area contributed by atoms with Crippen LogP contribution in [0.3, 0.4) is 0 Å². The predicted octanol–water partition coefficient (Wildman–Crippen LogP) is 3.61. The SMILES string of the molecule is C=CCc1ccc(C(CC=C)CC(C)F)nn1. The summed E-state index contributed by atoms with van der Waals surface area (Å²) in [5.41, 5.74) is 1.72. The van der Waals surface area contributed by atoms with Crippen molar-refractivity contribution in [1.29, 1.82) is 0 Å². The normalized spacial score (nSPS) is 14.0. The molecule has 0 N–H and O–H groups in total. The second-order valence-corrected chi connectivity index (χ2v) is 4.18. The molecule has 92 valence electrons. The van der Waals surface area contributed by atoms with Crippen molar-refractivity contribution < 1.29 is 4.39 Å². The summed E-state index contributed by atoms with van der Waals surface area (Å²) >= 11 is 0. The summed E-state index contributed by atoms with van der Waals surface area (Å²) in [5, 5.41) is 8.26. The maximum Gasteiger partial charge on any atom is 0.0980 e. The Balaban J connectivity index is 2.78. The highest BCUT2D eigenvalue weighted by Crippen LogP contribution is 2.24. The molecule has 0 fully saturated rings. The zero-order valence-corrected chi connectivity index (χ0v) is 10.3. The summed E-state index contributed by atoms with van der Waals surface area (Å²) < 4.78 is 13.1. The van der Waals surface area contributed by atoms with Gasteiger partial charge in [0, 0.05) is 12.3 Å². The van der Waals surface area contributed by atoms with Gasteiger partial charge in [-0.2, -0.15) is 10.2 Å². The van der Waals surface area contributed by atoms with E-state index in [0.717, 1.165) is 17.8 Å². The van der Waals surface area contributed by atoms with Crippen LogP contribution >= 0.6 is 0 Å². The highest BCUT2D eigenvalue weighted by Gasteiger charge is 2.15. The van der Waals surface area contributed by atoms with E-state index in [0.29, 0.717) is 12.8 Å². The van der Waals surface area contributed by atoms with Crippen molar-refractivity contribution in [2.75, 3.05) is 0 Å². The molecule has 2 atom stereocenters. The molecule has 0 spiro atoms. The third-order valence-electron chi connectivity index (χ3n) is 2.57. The quantitative estimate of drug-likeness (QED) is 0.673. The summed E-state index contributed by atoms with van der Waals surface area (Å²) in [7, 11) is 0. The van der Waals surface area contributed by atoms with Gasteiger partial charge in [0.05, 0.1) is 17.6 Å². The topological polar surface area (TPSA) is 25.8 Å². The van der Waals surface area contributed by atoms with Crippen molar-refractivity contribution >= 4 is 0 Å². The van der Waals surface area contributed by atoms with Crippen LogP contribution in [0.25, 0.3) is 0 Å². The Morgan fingerprint density at radius 3 is 2.53 bits per heavy atom. The summed E-state index contributed by atoms with van der Waals surface area (Å²) in [6.45, 7) is 8.91. The van der Waals surface area contributed by atoms with E-state index in [2.05, 4.69) is 23.4 Å². The maximum absolute atomic E-state index is 13.1. The van der Waals surface area contributed by atoms with E-state index >= 15 is 0 Å². The Labute approximate surface area is 102 Å². The van der Waals surface area contributed by atoms with E-state index in [1.165, 1.54) is 0 Å². The minimum Gasteiger partial charge on any atom is -0.248 e. The Kier molecular flexibility index (Phi) is 5.53. The smallest absolute Gasteiger partial charge is 0.0980 e. The highest BCUT2D eigenvalue weighted by atomic mass is 19.1. The van der Waals surface area contributed by atoms with Gasteiger partial charge in [-0.1, -0.05) is 12.2 Å². The molecular formula is C14H19FN2. The maximum atomic E-state index is 13.1. The molecule has 0 saturated carbocycles. The fraction of sp³-hybridized carbons (Fsp3) is 0.429. The Morgan fingerprint density at radius 1 is 1.29 bits per heavy atom. The van der Waals surface area contributed by atoms with Gasteiger partial charge < -0.3 is 0 Å². The van der Waals surface area contributed by atoms with E-state index in [1.807, 2.05) is 12.1 Å². The standard InChI is InChI=1S/C14H19FN2/c1-4-6-12(10-11(3)15)14-9-8-13(7-5-2)16-17-14/h4-5,8-9,11-12H,1-2,6-7,10H2,3H3. The molecule has 1 aromatic heterocycles. The number of aromatic nitrogens is 2. The minimum absolute atomic E-state index is 0.0674. The van der Waals surface area contributed by atoms with Crippen molar-refractivity contribution in [2.45, 2.75) is 38.3 Å². The molecular weight excluding hydrogens is 215 g/mol. The molecule has 2 nitrogen and oxygen atoms in total. The number of alkyl halides is 1. The molecule has 0 bridgehead atoms. The molecule has 1 rings (SSSR count). The van der Waals surface area contributed by atoms with Crippen LogP contribution in [0.5, 0.6) is 0 Å². The summed E-state index contributed by atoms with van der Waals surface area (Å²) in [4.78, 5) is 0. The molecule has 0 saturated heterocycles. The summed E-state index contributed by atoms with van der Waals surface area (Å²) in [5.74, 6) is 0.0674. The van der Waals surface area contributed by atoms with Crippen LogP contribution in [0.1, 0.15) is 37.1 Å². The minimum atomic E-state index is -0.838. The fourth-order valence-electron chi connectivity index (χ4n) is 1.78. The summed E-state index contributed by atoms with van der Waals surface area (Å²) in [6, 6.07) is 3.84. The van der Waals surface area contributed by atoms with Gasteiger partial charge in [0.25, 0.3) is 0 Å². The Morgan fingerprint density at radius 2 is 2.06 bits per heavy atom. The molecule has 1 heterocycles. The lowest BCUT2D eigenvalue weighted by molar-refractivity contribution is 0.316. The molecule has 0 aliphatic carbocycles. The first kappa shape index (κ1) is 13.6. The van der Waals surface area contributed by atoms with E-state index in [9.17, 15) is 4.39 Å². The average Bonchev–Trinajstić information content (AvgIpc) is 2.29. The van der Waals surface area contributed by atoms with Gasteiger partial charge in [0.15, 0.2) is 0 Å². The van der Waals surface area contributed by atoms with Crippen LogP contribution in [0.2, 0.25) is 0 Å². The van der Waals surface area contributed by atoms with Crippen molar-refractivity contribution in [3.63, 3.8) is 0 Å². The number of halogens is 1. The Hall–Kier alpha value is -1.51. The predicted molar refractivity (Wildman–Crippen MR) is 68.7 cm³/mol. The Bertz CT molecular complexity index is 357. The third-order valence-corrected chi connectivity index (χ3v) is 2.57. The average molecular weight is 234 g/mol. The molecule has 2 unspecified atom stereocenters. The van der Waals surface area contributed by atoms with E-state index < -0.39 is 6.17 Å². The largest absolute Gasteiger partial charge is 0.248 e. The van der Waals surface area contributed by atoms with Crippen LogP contribution in [0.15, 0.2) is 37.4 Å². The van der Waals surface area contributed by atoms with Crippen molar-refractivity contribution in [3.05, 3.63) is 48.8 Å². The third kappa shape index (κ3) is 4.47. The van der Waals surface area contributed by atoms with Crippen LogP contribution in [-0.2, 0) is 6.42 Å². The van der Waals surface area contributed by atoms with Crippen molar-refractivity contribution in [2.24, 2.45) is 0 Å². The monoisotopic (exact) mass is 234 g/mol. The van der Waals surface area contributed by atoms with Gasteiger partial charge in [-0.15, -0.1) is 13.2 Å². The summed E-state index contributed by atoms with van der Waals surface area (Å²) in [6.07, 6.45) is 4.64. The van der Waals surface area contributed by atoms with Gasteiger partial charge in [-0.25, -0.2) is 4.39 Å². The van der Waals surface area contributed by atoms with Crippen molar-refractivity contribution in [3.8, 4) is 0 Å². The number of hydrogen-bond donors (Lipinski definition) is 0. The lowest BCUT2D eigenvalue weighted by atomic mass is 9.95. The molecule has 0 aromatic carbocycles. The molecule has 1 aromatic rings. The number of hydrogen-bond acceptors (Lipinski definition) is 2. The molecule has 0 radical (unpaired) electrons. The van der Waals surface area contributed by atoms with Gasteiger partial charge in [-0.05, 0) is 31.9 Å². The van der Waals surface area contributed by atoms with Gasteiger partial charge in [0.2, 0.25) is 0 Å². The number of rotatable bonds is 7. The van der Waals surface area contributed by atoms with Crippen LogP contribution < -0.4 is 0 Å². The van der Waals surface area contributed by atoms with Gasteiger partial charge in [-0.3, -0.25) is 0 Å². The first-order valence-electron chi connectivity index (χ1n) is 5.85. The molecule has 0 aliphatic rings. The molecule has 17 heavy (non-hydrogen) atoms. The second-order valence-electron chi connectivity index (χ2n) is 4.18. The van der Waals surface area contributed by atoms with Crippen LogP contribution in [-0.4, -0.2) is 16.4 Å². The second kappa shape index (κ2) is 6.94. The molecule has 0 amide bonds. The van der Waals surface area contributed by atoms with Gasteiger partial charge in [0.1, 0.15) is 0 Å². The zero-order valence-electron chi connectivity index (χ0n) is 10.3. The lowest BCUT2D eigenvalue weighted by Crippen LogP contribution is -2.08. The van der Waals surface area contributed by atoms with E-state index in [-0.39, 0.29) is 5.92 Å². The van der Waals surface area contributed by atoms with Crippen LogP contribution in [0.4, 0.5) is 4.39 Å². The van der Waals surface area contributed by atoms with E-state index in [1.54, 1.807) is 19.1 Å². The first-order valence-corrected chi connectivity index (χ1v) is 5.85. The lowest BCUT2D eigenvalue weighted by Gasteiger charge is -2.14. The van der Waals surface area contributed by atoms with Gasteiger partial charge >= 0.3 is 0 Å². The first-order chi connectivity index (χ1) is 8.17.